The molecule has 0 N–H and O–H groups in total. The lowest BCUT2D eigenvalue weighted by Gasteiger charge is -2.34. The van der Waals surface area contributed by atoms with Crippen molar-refractivity contribution in [1.29, 1.82) is 0 Å². The summed E-state index contributed by atoms with van der Waals surface area (Å²) in [5.74, 6) is 1.18. The summed E-state index contributed by atoms with van der Waals surface area (Å²) < 4.78 is 6.65. The van der Waals surface area contributed by atoms with E-state index < -0.39 is 0 Å². The normalized spacial score (nSPS) is 15.5. The van der Waals surface area contributed by atoms with Crippen LogP contribution in [0, 0.1) is 6.92 Å². The van der Waals surface area contributed by atoms with Gasteiger partial charge in [-0.25, -0.2) is 4.68 Å². The Labute approximate surface area is 131 Å². The molecule has 0 aromatic carbocycles. The van der Waals surface area contributed by atoms with Crippen LogP contribution in [-0.4, -0.2) is 35.3 Å². The molecular weight excluding hydrogens is 308 g/mol. The molecule has 0 unspecified atom stereocenters. The van der Waals surface area contributed by atoms with Crippen molar-refractivity contribution in [3.05, 3.63) is 39.5 Å². The number of nitrogens with zero attached hydrogens (tertiary/aromatic N) is 4. The summed E-state index contributed by atoms with van der Waals surface area (Å²) in [6, 6.07) is 3.59. The summed E-state index contributed by atoms with van der Waals surface area (Å²) in [6.07, 6.45) is 1.50. The molecule has 22 heavy (non-hydrogen) atoms. The summed E-state index contributed by atoms with van der Waals surface area (Å²) in [6.45, 7) is 2.95. The van der Waals surface area contributed by atoms with Crippen LogP contribution < -0.4 is 15.4 Å². The van der Waals surface area contributed by atoms with Crippen LogP contribution in [0.1, 0.15) is 5.76 Å². The fourth-order valence-corrected chi connectivity index (χ4v) is 2.69. The van der Waals surface area contributed by atoms with E-state index in [1.807, 2.05) is 13.0 Å². The van der Waals surface area contributed by atoms with E-state index in [0.29, 0.717) is 24.7 Å². The fraction of sp³-hybridized carbons (Fsp3) is 0.357. The number of anilines is 2. The van der Waals surface area contributed by atoms with Gasteiger partial charge in [-0.3, -0.25) is 14.5 Å². The molecule has 3 heterocycles. The number of rotatable bonds is 2. The molecule has 1 aliphatic rings. The maximum absolute atomic E-state index is 12.3. The van der Waals surface area contributed by atoms with Gasteiger partial charge in [0.1, 0.15) is 10.8 Å². The summed E-state index contributed by atoms with van der Waals surface area (Å²) in [5.41, 5.74) is 0.101. The topological polar surface area (TPSA) is 71.6 Å². The van der Waals surface area contributed by atoms with E-state index >= 15 is 0 Å². The number of carbonyl (C=O) groups excluding carboxylic acids is 1. The Morgan fingerprint density at radius 2 is 2.05 bits per heavy atom. The number of halogens is 1. The number of aromatic nitrogens is 2. The van der Waals surface area contributed by atoms with Crippen molar-refractivity contribution in [2.75, 3.05) is 29.4 Å². The number of amides is 1. The zero-order valence-corrected chi connectivity index (χ0v) is 13.0. The molecule has 1 fully saturated rings. The molecule has 1 amide bonds. The standard InChI is InChI=1S/C14H15ClN4O3/c1-9-3-4-12(22-9)19-6-5-18(8-11(19)20)10-7-16-17(2)14(21)13(10)15/h3-4,7H,5-6,8H2,1-2H3. The second kappa shape index (κ2) is 5.49. The molecule has 0 bridgehead atoms. The molecule has 2 aromatic rings. The van der Waals surface area contributed by atoms with Crippen molar-refractivity contribution in [3.8, 4) is 0 Å². The first-order valence-electron chi connectivity index (χ1n) is 6.81. The summed E-state index contributed by atoms with van der Waals surface area (Å²) >= 11 is 6.08. The Balaban J connectivity index is 1.82. The van der Waals surface area contributed by atoms with Gasteiger partial charge in [0.25, 0.3) is 5.56 Å². The van der Waals surface area contributed by atoms with Gasteiger partial charge in [0, 0.05) is 26.2 Å². The molecule has 1 aliphatic heterocycles. The maximum atomic E-state index is 12.3. The Kier molecular flexibility index (Phi) is 3.66. The van der Waals surface area contributed by atoms with Gasteiger partial charge in [-0.2, -0.15) is 5.10 Å². The van der Waals surface area contributed by atoms with Crippen LogP contribution in [-0.2, 0) is 11.8 Å². The van der Waals surface area contributed by atoms with Crippen LogP contribution in [0.2, 0.25) is 5.02 Å². The minimum Gasteiger partial charge on any atom is -0.445 e. The molecule has 1 saturated heterocycles. The van der Waals surface area contributed by atoms with Crippen LogP contribution in [0.5, 0.6) is 0 Å². The van der Waals surface area contributed by atoms with Gasteiger partial charge in [-0.1, -0.05) is 11.6 Å². The third-order valence-electron chi connectivity index (χ3n) is 3.61. The first-order valence-corrected chi connectivity index (χ1v) is 7.18. The van der Waals surface area contributed by atoms with Gasteiger partial charge in [-0.15, -0.1) is 0 Å². The Morgan fingerprint density at radius 3 is 2.68 bits per heavy atom. The predicted molar refractivity (Wildman–Crippen MR) is 82.5 cm³/mol. The lowest BCUT2D eigenvalue weighted by Crippen LogP contribution is -2.51. The fourth-order valence-electron chi connectivity index (χ4n) is 2.40. The van der Waals surface area contributed by atoms with Gasteiger partial charge in [-0.05, 0) is 13.0 Å². The van der Waals surface area contributed by atoms with Crippen LogP contribution in [0.15, 0.2) is 27.5 Å². The number of aryl methyl sites for hydroxylation is 2. The number of hydrogen-bond acceptors (Lipinski definition) is 5. The van der Waals surface area contributed by atoms with Crippen molar-refractivity contribution in [2.24, 2.45) is 7.05 Å². The largest absolute Gasteiger partial charge is 0.445 e. The first kappa shape index (κ1) is 14.6. The zero-order valence-electron chi connectivity index (χ0n) is 12.2. The lowest BCUT2D eigenvalue weighted by atomic mass is 10.2. The molecule has 116 valence electrons. The van der Waals surface area contributed by atoms with Gasteiger partial charge in [0.15, 0.2) is 0 Å². The van der Waals surface area contributed by atoms with Crippen LogP contribution in [0.4, 0.5) is 11.6 Å². The Hall–Kier alpha value is -2.28. The van der Waals surface area contributed by atoms with Gasteiger partial charge in [0.2, 0.25) is 11.8 Å². The average molecular weight is 323 g/mol. The van der Waals surface area contributed by atoms with Gasteiger partial charge >= 0.3 is 0 Å². The number of furan rings is 1. The number of carbonyl (C=O) groups is 1. The molecule has 0 radical (unpaired) electrons. The molecule has 7 nitrogen and oxygen atoms in total. The highest BCUT2D eigenvalue weighted by Crippen LogP contribution is 2.25. The van der Waals surface area contributed by atoms with E-state index in [1.165, 1.54) is 13.2 Å². The van der Waals surface area contributed by atoms with Crippen molar-refractivity contribution < 1.29 is 9.21 Å². The highest BCUT2D eigenvalue weighted by molar-refractivity contribution is 6.33. The summed E-state index contributed by atoms with van der Waals surface area (Å²) in [4.78, 5) is 27.5. The first-order chi connectivity index (χ1) is 10.5. The van der Waals surface area contributed by atoms with E-state index in [2.05, 4.69) is 5.10 Å². The van der Waals surface area contributed by atoms with Gasteiger partial charge < -0.3 is 9.32 Å². The molecule has 3 rings (SSSR count). The molecule has 8 heteroatoms. The predicted octanol–water partition coefficient (Wildman–Crippen LogP) is 1.19. The van der Waals surface area contributed by atoms with Gasteiger partial charge in [0.05, 0.1) is 18.4 Å². The Bertz CT molecular complexity index is 783. The molecule has 0 atom stereocenters. The lowest BCUT2D eigenvalue weighted by molar-refractivity contribution is -0.118. The average Bonchev–Trinajstić information content (AvgIpc) is 2.91. The van der Waals surface area contributed by atoms with E-state index in [0.717, 1.165) is 10.4 Å². The monoisotopic (exact) mass is 322 g/mol. The molecule has 0 saturated carbocycles. The molecular formula is C14H15ClN4O3. The second-order valence-electron chi connectivity index (χ2n) is 5.12. The number of hydrogen-bond donors (Lipinski definition) is 0. The van der Waals surface area contributed by atoms with E-state index in [9.17, 15) is 9.59 Å². The number of piperazine rings is 1. The maximum Gasteiger partial charge on any atom is 0.287 e. The zero-order chi connectivity index (χ0) is 15.9. The molecule has 0 spiro atoms. The molecule has 2 aromatic heterocycles. The highest BCUT2D eigenvalue weighted by atomic mass is 35.5. The quantitative estimate of drug-likeness (QED) is 0.830. The van der Waals surface area contributed by atoms with Crippen molar-refractivity contribution >= 4 is 29.1 Å². The second-order valence-corrected chi connectivity index (χ2v) is 5.50. The highest BCUT2D eigenvalue weighted by Gasteiger charge is 2.28. The van der Waals surface area contributed by atoms with E-state index in [1.54, 1.807) is 15.9 Å². The third kappa shape index (κ3) is 2.48. The van der Waals surface area contributed by atoms with E-state index in [-0.39, 0.29) is 23.0 Å². The van der Waals surface area contributed by atoms with Crippen LogP contribution in [0.3, 0.4) is 0 Å². The summed E-state index contributed by atoms with van der Waals surface area (Å²) in [7, 11) is 1.53. The third-order valence-corrected chi connectivity index (χ3v) is 3.97. The minimum atomic E-state index is -0.379. The molecule has 0 aliphatic carbocycles. The SMILES string of the molecule is Cc1ccc(N2CCN(c3cnn(C)c(=O)c3Cl)CC2=O)o1. The minimum absolute atomic E-state index is 0.0765. The van der Waals surface area contributed by atoms with Crippen LogP contribution >= 0.6 is 11.6 Å². The van der Waals surface area contributed by atoms with Crippen molar-refractivity contribution in [3.63, 3.8) is 0 Å². The van der Waals surface area contributed by atoms with Crippen molar-refractivity contribution in [1.82, 2.24) is 9.78 Å². The van der Waals surface area contributed by atoms with E-state index in [4.69, 9.17) is 16.0 Å². The Morgan fingerprint density at radius 1 is 1.27 bits per heavy atom. The van der Waals surface area contributed by atoms with Crippen molar-refractivity contribution in [2.45, 2.75) is 6.92 Å². The summed E-state index contributed by atoms with van der Waals surface area (Å²) in [5, 5.41) is 4.03. The van der Waals surface area contributed by atoms with Crippen LogP contribution in [0.25, 0.3) is 0 Å². The smallest absolute Gasteiger partial charge is 0.287 e.